The predicted octanol–water partition coefficient (Wildman–Crippen LogP) is 0.155. The highest BCUT2D eigenvalue weighted by Gasteiger charge is 2.26. The molecular weight excluding hydrogens is 162 g/mol. The van der Waals surface area contributed by atoms with Gasteiger partial charge in [-0.25, -0.2) is 0 Å². The van der Waals surface area contributed by atoms with Gasteiger partial charge in [-0.1, -0.05) is 5.11 Å². The molecule has 2 N–H and O–H groups in total. The van der Waals surface area contributed by atoms with Gasteiger partial charge in [0.05, 0.1) is 18.8 Å². The average molecular weight is 173 g/mol. The number of nitrogens with zero attached hydrogens (tertiary/aromatic N) is 3. The van der Waals surface area contributed by atoms with Crippen LogP contribution in [-0.2, 0) is 4.74 Å². The van der Waals surface area contributed by atoms with Crippen molar-refractivity contribution in [2.24, 2.45) is 5.11 Å². The summed E-state index contributed by atoms with van der Waals surface area (Å²) in [6.07, 6.45) is -1.22. The fourth-order valence-corrected chi connectivity index (χ4v) is 1.21. The summed E-state index contributed by atoms with van der Waals surface area (Å²) in [5, 5.41) is 21.5. The summed E-state index contributed by atoms with van der Waals surface area (Å²) in [6, 6.07) is 0. The molecule has 6 nitrogen and oxygen atoms in total. The Bertz CT molecular complexity index is 182. The molecule has 3 atom stereocenters. The number of aliphatic hydroxyl groups is 2. The Balaban J connectivity index is 2.38. The molecule has 1 rings (SSSR count). The third kappa shape index (κ3) is 2.67. The van der Waals surface area contributed by atoms with Crippen molar-refractivity contribution in [1.82, 2.24) is 0 Å². The van der Waals surface area contributed by atoms with E-state index in [4.69, 9.17) is 15.4 Å². The highest BCUT2D eigenvalue weighted by Crippen LogP contribution is 2.18. The lowest BCUT2D eigenvalue weighted by atomic mass is 10.1. The van der Waals surface area contributed by atoms with E-state index in [1.807, 2.05) is 0 Å². The normalized spacial score (nSPS) is 35.7. The van der Waals surface area contributed by atoms with Crippen LogP contribution in [0.4, 0.5) is 0 Å². The quantitative estimate of drug-likeness (QED) is 0.353. The van der Waals surface area contributed by atoms with Gasteiger partial charge in [-0.15, -0.1) is 0 Å². The van der Waals surface area contributed by atoms with E-state index in [2.05, 4.69) is 10.0 Å². The summed E-state index contributed by atoms with van der Waals surface area (Å²) in [5.41, 5.74) is 8.01. The highest BCUT2D eigenvalue weighted by molar-refractivity contribution is 4.74. The molecule has 1 fully saturated rings. The number of ether oxygens (including phenoxy) is 1. The lowest BCUT2D eigenvalue weighted by molar-refractivity contribution is -0.185. The van der Waals surface area contributed by atoms with Crippen LogP contribution >= 0.6 is 0 Å². The first-order valence-electron chi connectivity index (χ1n) is 3.75. The minimum atomic E-state index is -0.937. The Hall–Kier alpha value is -0.810. The fourth-order valence-electron chi connectivity index (χ4n) is 1.21. The van der Waals surface area contributed by atoms with Crippen molar-refractivity contribution >= 4 is 0 Å². The number of hydrogen-bond donors (Lipinski definition) is 2. The van der Waals surface area contributed by atoms with Gasteiger partial charge in [0.2, 0.25) is 0 Å². The van der Waals surface area contributed by atoms with Gasteiger partial charge in [0.25, 0.3) is 0 Å². The van der Waals surface area contributed by atoms with Crippen LogP contribution in [-0.4, -0.2) is 35.3 Å². The van der Waals surface area contributed by atoms with Crippen LogP contribution < -0.4 is 0 Å². The summed E-state index contributed by atoms with van der Waals surface area (Å²) in [4.78, 5) is 2.56. The maximum absolute atomic E-state index is 9.17. The smallest absolute Gasteiger partial charge is 0.157 e. The zero-order valence-electron chi connectivity index (χ0n) is 6.50. The largest absolute Gasteiger partial charge is 0.393 e. The van der Waals surface area contributed by atoms with Gasteiger partial charge in [-0.3, -0.25) is 0 Å². The van der Waals surface area contributed by atoms with E-state index >= 15 is 0 Å². The Kier molecular flexibility index (Phi) is 3.31. The summed E-state index contributed by atoms with van der Waals surface area (Å²) < 4.78 is 4.99. The molecule has 0 aromatic rings. The molecule has 1 unspecified atom stereocenters. The number of hydrogen-bond acceptors (Lipinski definition) is 4. The van der Waals surface area contributed by atoms with Crippen LogP contribution in [0.1, 0.15) is 12.8 Å². The molecule has 0 amide bonds. The summed E-state index contributed by atoms with van der Waals surface area (Å²) >= 11 is 0. The van der Waals surface area contributed by atoms with Crippen molar-refractivity contribution in [3.05, 3.63) is 10.4 Å². The van der Waals surface area contributed by atoms with Crippen LogP contribution in [0.3, 0.4) is 0 Å². The van der Waals surface area contributed by atoms with E-state index in [1.54, 1.807) is 0 Å². The van der Waals surface area contributed by atoms with Crippen molar-refractivity contribution in [3.8, 4) is 0 Å². The van der Waals surface area contributed by atoms with Gasteiger partial charge in [-0.2, -0.15) is 0 Å². The van der Waals surface area contributed by atoms with Gasteiger partial charge in [-0.05, 0) is 12.0 Å². The monoisotopic (exact) mass is 173 g/mol. The number of aliphatic hydroxyl groups excluding tert-OH is 2. The predicted molar refractivity (Wildman–Crippen MR) is 40.1 cm³/mol. The minimum absolute atomic E-state index is 0.157. The standard InChI is InChI=1S/C6H11N3O3/c7-9-8-3-5-1-4(10)2-6(11)12-5/h4-6,10-11H,1-3H2/t4-,5+,6?/m1/s1. The van der Waals surface area contributed by atoms with E-state index in [9.17, 15) is 5.11 Å². The van der Waals surface area contributed by atoms with Crippen LogP contribution in [0.25, 0.3) is 10.4 Å². The minimum Gasteiger partial charge on any atom is -0.393 e. The van der Waals surface area contributed by atoms with E-state index in [1.165, 1.54) is 0 Å². The van der Waals surface area contributed by atoms with Crippen molar-refractivity contribution in [2.45, 2.75) is 31.3 Å². The average Bonchev–Trinajstić information content (AvgIpc) is 1.99. The summed E-state index contributed by atoms with van der Waals surface area (Å²) in [6.45, 7) is 0.157. The fraction of sp³-hybridized carbons (Fsp3) is 1.00. The van der Waals surface area contributed by atoms with Crippen LogP contribution in [0.2, 0.25) is 0 Å². The third-order valence-electron chi connectivity index (χ3n) is 1.71. The van der Waals surface area contributed by atoms with Crippen molar-refractivity contribution in [2.75, 3.05) is 6.54 Å². The second-order valence-electron chi connectivity index (χ2n) is 2.75. The molecule has 0 aromatic heterocycles. The topological polar surface area (TPSA) is 98.5 Å². The number of azide groups is 1. The first-order valence-corrected chi connectivity index (χ1v) is 3.75. The number of rotatable bonds is 2. The maximum Gasteiger partial charge on any atom is 0.157 e. The molecule has 0 bridgehead atoms. The molecule has 0 radical (unpaired) electrons. The Morgan fingerprint density at radius 2 is 2.25 bits per heavy atom. The molecule has 1 heterocycles. The van der Waals surface area contributed by atoms with Gasteiger partial charge in [0.1, 0.15) is 0 Å². The Morgan fingerprint density at radius 1 is 1.50 bits per heavy atom. The third-order valence-corrected chi connectivity index (χ3v) is 1.71. The maximum atomic E-state index is 9.17. The van der Waals surface area contributed by atoms with E-state index in [-0.39, 0.29) is 19.1 Å². The first-order chi connectivity index (χ1) is 5.72. The van der Waals surface area contributed by atoms with E-state index in [0.717, 1.165) is 0 Å². The molecule has 0 aliphatic carbocycles. The van der Waals surface area contributed by atoms with Gasteiger partial charge < -0.3 is 14.9 Å². The molecule has 1 saturated heterocycles. The zero-order valence-corrected chi connectivity index (χ0v) is 6.50. The lowest BCUT2D eigenvalue weighted by Gasteiger charge is -2.29. The van der Waals surface area contributed by atoms with Crippen LogP contribution in [0.15, 0.2) is 5.11 Å². The Morgan fingerprint density at radius 3 is 2.83 bits per heavy atom. The molecule has 0 saturated carbocycles. The van der Waals surface area contributed by atoms with Gasteiger partial charge in [0.15, 0.2) is 6.29 Å². The zero-order chi connectivity index (χ0) is 8.97. The molecule has 12 heavy (non-hydrogen) atoms. The van der Waals surface area contributed by atoms with Crippen molar-refractivity contribution < 1.29 is 14.9 Å². The van der Waals surface area contributed by atoms with Crippen LogP contribution in [0, 0.1) is 0 Å². The molecule has 1 aliphatic rings. The second kappa shape index (κ2) is 4.27. The lowest BCUT2D eigenvalue weighted by Crippen LogP contribution is -2.36. The Labute approximate surface area is 69.4 Å². The molecule has 0 spiro atoms. The molecule has 6 heteroatoms. The summed E-state index contributed by atoms with van der Waals surface area (Å²) in [5.74, 6) is 0. The van der Waals surface area contributed by atoms with Crippen LogP contribution in [0.5, 0.6) is 0 Å². The molecular formula is C6H11N3O3. The highest BCUT2D eigenvalue weighted by atomic mass is 16.6. The van der Waals surface area contributed by atoms with Gasteiger partial charge in [0, 0.05) is 11.3 Å². The SMILES string of the molecule is [N-]=[N+]=NC[C@@H]1C[C@@H](O)CC(O)O1. The van der Waals surface area contributed by atoms with E-state index in [0.29, 0.717) is 6.42 Å². The van der Waals surface area contributed by atoms with Crippen molar-refractivity contribution in [1.29, 1.82) is 0 Å². The summed E-state index contributed by atoms with van der Waals surface area (Å²) in [7, 11) is 0. The second-order valence-corrected chi connectivity index (χ2v) is 2.75. The molecule has 68 valence electrons. The van der Waals surface area contributed by atoms with Crippen molar-refractivity contribution in [3.63, 3.8) is 0 Å². The molecule has 0 aromatic carbocycles. The van der Waals surface area contributed by atoms with Gasteiger partial charge >= 0.3 is 0 Å². The van der Waals surface area contributed by atoms with E-state index < -0.39 is 12.4 Å². The first kappa shape index (κ1) is 9.28. The molecule has 1 aliphatic heterocycles.